The van der Waals surface area contributed by atoms with E-state index in [1.54, 1.807) is 0 Å². The fraction of sp³-hybridized carbons (Fsp3) is 0.0909. The number of nitriles is 2. The predicted octanol–water partition coefficient (Wildman–Crippen LogP) is 5.63. The third-order valence-electron chi connectivity index (χ3n) is 3.76. The SMILES string of the molecule is Cc1cccc(Oc2cc(C#N)c(C#N)cc2Oc2cccc(C)c2)c1. The minimum Gasteiger partial charge on any atom is -0.453 e. The summed E-state index contributed by atoms with van der Waals surface area (Å²) in [5, 5.41) is 18.6. The van der Waals surface area contributed by atoms with E-state index in [2.05, 4.69) is 0 Å². The summed E-state index contributed by atoms with van der Waals surface area (Å²) in [5.74, 6) is 2.03. The van der Waals surface area contributed by atoms with Gasteiger partial charge >= 0.3 is 0 Å². The minimum absolute atomic E-state index is 0.242. The first-order valence-electron chi connectivity index (χ1n) is 8.06. The molecule has 0 aromatic heterocycles. The van der Waals surface area contributed by atoms with E-state index in [0.717, 1.165) is 11.1 Å². The second kappa shape index (κ2) is 7.42. The number of hydrogen-bond acceptors (Lipinski definition) is 4. The van der Waals surface area contributed by atoms with Gasteiger partial charge in [0.05, 0.1) is 11.1 Å². The number of ether oxygens (including phenoxy) is 2. The van der Waals surface area contributed by atoms with E-state index in [-0.39, 0.29) is 11.1 Å². The van der Waals surface area contributed by atoms with Crippen LogP contribution in [0.15, 0.2) is 60.7 Å². The average molecular weight is 340 g/mol. The Hall–Kier alpha value is -3.76. The van der Waals surface area contributed by atoms with Crippen molar-refractivity contribution in [1.29, 1.82) is 10.5 Å². The van der Waals surface area contributed by atoms with E-state index >= 15 is 0 Å². The molecule has 26 heavy (non-hydrogen) atoms. The number of benzene rings is 3. The molecule has 0 spiro atoms. The van der Waals surface area contributed by atoms with Crippen LogP contribution in [0, 0.1) is 36.5 Å². The van der Waals surface area contributed by atoms with E-state index in [0.29, 0.717) is 23.0 Å². The number of nitrogens with zero attached hydrogens (tertiary/aromatic N) is 2. The molecule has 0 N–H and O–H groups in total. The summed E-state index contributed by atoms with van der Waals surface area (Å²) < 4.78 is 11.9. The molecular weight excluding hydrogens is 324 g/mol. The van der Waals surface area contributed by atoms with Gasteiger partial charge in [-0.15, -0.1) is 0 Å². The van der Waals surface area contributed by atoms with E-state index in [4.69, 9.17) is 9.47 Å². The smallest absolute Gasteiger partial charge is 0.171 e. The molecule has 4 nitrogen and oxygen atoms in total. The Labute approximate surface area is 152 Å². The van der Waals surface area contributed by atoms with Gasteiger partial charge in [-0.25, -0.2) is 0 Å². The quantitative estimate of drug-likeness (QED) is 0.617. The molecule has 0 bridgehead atoms. The van der Waals surface area contributed by atoms with Gasteiger partial charge in [-0.1, -0.05) is 24.3 Å². The third-order valence-corrected chi connectivity index (χ3v) is 3.76. The molecule has 0 saturated carbocycles. The number of hydrogen-bond donors (Lipinski definition) is 0. The molecule has 4 heteroatoms. The summed E-state index contributed by atoms with van der Waals surface area (Å²) in [6.07, 6.45) is 0. The molecule has 0 radical (unpaired) electrons. The lowest BCUT2D eigenvalue weighted by Gasteiger charge is -2.14. The molecule has 0 aliphatic rings. The summed E-state index contributed by atoms with van der Waals surface area (Å²) in [4.78, 5) is 0. The summed E-state index contributed by atoms with van der Waals surface area (Å²) in [6, 6.07) is 22.3. The third kappa shape index (κ3) is 3.83. The van der Waals surface area contributed by atoms with Gasteiger partial charge in [0.15, 0.2) is 11.5 Å². The van der Waals surface area contributed by atoms with Crippen molar-refractivity contribution >= 4 is 0 Å². The second-order valence-electron chi connectivity index (χ2n) is 5.91. The normalized spacial score (nSPS) is 9.85. The van der Waals surface area contributed by atoms with Crippen molar-refractivity contribution in [2.45, 2.75) is 13.8 Å². The lowest BCUT2D eigenvalue weighted by atomic mass is 10.1. The van der Waals surface area contributed by atoms with Crippen molar-refractivity contribution in [2.75, 3.05) is 0 Å². The van der Waals surface area contributed by atoms with Gasteiger partial charge in [0.1, 0.15) is 23.6 Å². The Bertz CT molecular complexity index is 958. The summed E-state index contributed by atoms with van der Waals surface area (Å²) in [6.45, 7) is 3.94. The molecule has 0 atom stereocenters. The molecule has 0 fully saturated rings. The van der Waals surface area contributed by atoms with Gasteiger partial charge in [-0.05, 0) is 49.2 Å². The molecule has 0 unspecified atom stereocenters. The Kier molecular flexibility index (Phi) is 4.87. The molecule has 0 heterocycles. The topological polar surface area (TPSA) is 66.0 Å². The molecule has 3 rings (SSSR count). The second-order valence-corrected chi connectivity index (χ2v) is 5.91. The lowest BCUT2D eigenvalue weighted by molar-refractivity contribution is 0.418. The van der Waals surface area contributed by atoms with Crippen LogP contribution in [0.3, 0.4) is 0 Å². The maximum absolute atomic E-state index is 9.30. The zero-order valence-electron chi connectivity index (χ0n) is 14.5. The first-order chi connectivity index (χ1) is 12.6. The summed E-state index contributed by atoms with van der Waals surface area (Å²) in [7, 11) is 0. The average Bonchev–Trinajstić information content (AvgIpc) is 2.62. The van der Waals surface area contributed by atoms with Crippen molar-refractivity contribution in [3.63, 3.8) is 0 Å². The van der Waals surface area contributed by atoms with Crippen LogP contribution < -0.4 is 9.47 Å². The Morgan fingerprint density at radius 2 is 1.08 bits per heavy atom. The number of rotatable bonds is 4. The first-order valence-corrected chi connectivity index (χ1v) is 8.06. The van der Waals surface area contributed by atoms with Gasteiger partial charge in [-0.3, -0.25) is 0 Å². The Balaban J connectivity index is 2.05. The van der Waals surface area contributed by atoms with Crippen LogP contribution in [0.25, 0.3) is 0 Å². The largest absolute Gasteiger partial charge is 0.453 e. The van der Waals surface area contributed by atoms with Crippen molar-refractivity contribution in [1.82, 2.24) is 0 Å². The van der Waals surface area contributed by atoms with Crippen LogP contribution in [-0.4, -0.2) is 0 Å². The highest BCUT2D eigenvalue weighted by Crippen LogP contribution is 2.37. The molecule has 0 aliphatic heterocycles. The molecular formula is C22H16N2O2. The molecule has 0 saturated heterocycles. The Morgan fingerprint density at radius 1 is 0.654 bits per heavy atom. The monoisotopic (exact) mass is 340 g/mol. The van der Waals surface area contributed by atoms with Crippen molar-refractivity contribution < 1.29 is 9.47 Å². The van der Waals surface area contributed by atoms with Crippen molar-refractivity contribution in [3.05, 3.63) is 82.9 Å². The van der Waals surface area contributed by atoms with Crippen LogP contribution in [-0.2, 0) is 0 Å². The molecule has 3 aromatic rings. The molecule has 0 amide bonds. The summed E-state index contributed by atoms with van der Waals surface area (Å²) in [5.41, 5.74) is 2.59. The highest BCUT2D eigenvalue weighted by molar-refractivity contribution is 5.58. The van der Waals surface area contributed by atoms with Gasteiger partial charge in [0.25, 0.3) is 0 Å². The van der Waals surface area contributed by atoms with Gasteiger partial charge in [0, 0.05) is 12.1 Å². The maximum atomic E-state index is 9.30. The number of aryl methyl sites for hydroxylation is 2. The van der Waals surface area contributed by atoms with E-state index in [9.17, 15) is 10.5 Å². The molecule has 0 aliphatic carbocycles. The van der Waals surface area contributed by atoms with Crippen LogP contribution >= 0.6 is 0 Å². The Morgan fingerprint density at radius 3 is 1.42 bits per heavy atom. The predicted molar refractivity (Wildman–Crippen MR) is 98.4 cm³/mol. The van der Waals surface area contributed by atoms with Crippen LogP contribution in [0.4, 0.5) is 0 Å². The van der Waals surface area contributed by atoms with E-state index in [1.807, 2.05) is 74.5 Å². The fourth-order valence-electron chi connectivity index (χ4n) is 2.52. The standard InChI is InChI=1S/C22H16N2O2/c1-15-5-3-7-19(9-15)25-21-11-17(13-23)18(14-24)12-22(21)26-20-8-4-6-16(2)10-20/h3-12H,1-2H3. The van der Waals surface area contributed by atoms with Crippen LogP contribution in [0.1, 0.15) is 22.3 Å². The van der Waals surface area contributed by atoms with Gasteiger partial charge < -0.3 is 9.47 Å². The minimum atomic E-state index is 0.242. The van der Waals surface area contributed by atoms with E-state index in [1.165, 1.54) is 12.1 Å². The summed E-state index contributed by atoms with van der Waals surface area (Å²) >= 11 is 0. The first kappa shape index (κ1) is 17.1. The highest BCUT2D eigenvalue weighted by atomic mass is 16.5. The molecule has 126 valence electrons. The van der Waals surface area contributed by atoms with E-state index < -0.39 is 0 Å². The van der Waals surface area contributed by atoms with Crippen LogP contribution in [0.2, 0.25) is 0 Å². The zero-order chi connectivity index (χ0) is 18.5. The molecule has 3 aromatic carbocycles. The zero-order valence-corrected chi connectivity index (χ0v) is 14.5. The van der Waals surface area contributed by atoms with Crippen molar-refractivity contribution in [3.8, 4) is 35.1 Å². The van der Waals surface area contributed by atoms with Gasteiger partial charge in [0.2, 0.25) is 0 Å². The lowest BCUT2D eigenvalue weighted by Crippen LogP contribution is -1.95. The maximum Gasteiger partial charge on any atom is 0.171 e. The van der Waals surface area contributed by atoms with Gasteiger partial charge in [-0.2, -0.15) is 10.5 Å². The van der Waals surface area contributed by atoms with Crippen LogP contribution in [0.5, 0.6) is 23.0 Å². The van der Waals surface area contributed by atoms with Crippen molar-refractivity contribution in [2.24, 2.45) is 0 Å². The fourth-order valence-corrected chi connectivity index (χ4v) is 2.52. The highest BCUT2D eigenvalue weighted by Gasteiger charge is 2.14.